The monoisotopic (exact) mass is 488 g/mol. The molecule has 2 atom stereocenters. The van der Waals surface area contributed by atoms with Crippen molar-refractivity contribution in [2.45, 2.75) is 44.9 Å². The molecule has 4 rings (SSSR count). The highest BCUT2D eigenvalue weighted by molar-refractivity contribution is 6.30. The predicted octanol–water partition coefficient (Wildman–Crippen LogP) is 3.89. The number of amides is 1. The molecule has 3 heterocycles. The number of anilines is 1. The molecule has 1 fully saturated rings. The van der Waals surface area contributed by atoms with E-state index in [9.17, 15) is 9.90 Å². The number of ether oxygens (including phenoxy) is 2. The van der Waals surface area contributed by atoms with Crippen LogP contribution in [0.2, 0.25) is 5.02 Å². The van der Waals surface area contributed by atoms with Gasteiger partial charge in [0.05, 0.1) is 44.1 Å². The van der Waals surface area contributed by atoms with Crippen LogP contribution in [0.25, 0.3) is 11.1 Å². The summed E-state index contributed by atoms with van der Waals surface area (Å²) in [7, 11) is 1.52. The number of aromatic nitrogens is 2. The number of fused-ring (bicyclic) bond motifs is 1. The van der Waals surface area contributed by atoms with Crippen molar-refractivity contribution in [2.75, 3.05) is 32.2 Å². The van der Waals surface area contributed by atoms with Gasteiger partial charge in [0.1, 0.15) is 5.52 Å². The minimum absolute atomic E-state index is 0.00543. The first-order valence-corrected chi connectivity index (χ1v) is 11.6. The van der Waals surface area contributed by atoms with E-state index in [2.05, 4.69) is 15.3 Å². The number of aliphatic hydroxyl groups is 1. The zero-order valence-corrected chi connectivity index (χ0v) is 20.3. The summed E-state index contributed by atoms with van der Waals surface area (Å²) in [5.74, 6) is 0.279. The molecular formula is C24H29ClN4O5. The van der Waals surface area contributed by atoms with Gasteiger partial charge in [-0.2, -0.15) is 4.98 Å². The molecule has 0 spiro atoms. The Morgan fingerprint density at radius 2 is 2.24 bits per heavy atom. The Balaban J connectivity index is 1.60. The summed E-state index contributed by atoms with van der Waals surface area (Å²) < 4.78 is 17.3. The number of nitrogens with one attached hydrogen (secondary N) is 1. The van der Waals surface area contributed by atoms with Crippen LogP contribution < -0.4 is 10.1 Å². The summed E-state index contributed by atoms with van der Waals surface area (Å²) in [5.41, 5.74) is 1.54. The van der Waals surface area contributed by atoms with Crippen molar-refractivity contribution in [3.8, 4) is 5.75 Å². The van der Waals surface area contributed by atoms with Crippen LogP contribution >= 0.6 is 11.6 Å². The maximum absolute atomic E-state index is 13.6. The van der Waals surface area contributed by atoms with Crippen LogP contribution in [0.5, 0.6) is 5.75 Å². The van der Waals surface area contributed by atoms with Crippen LogP contribution in [0, 0.1) is 0 Å². The number of hydrogen-bond acceptors (Lipinski definition) is 8. The van der Waals surface area contributed by atoms with E-state index in [0.717, 1.165) is 12.1 Å². The molecule has 1 saturated heterocycles. The second-order valence-corrected chi connectivity index (χ2v) is 9.03. The zero-order valence-electron chi connectivity index (χ0n) is 19.5. The highest BCUT2D eigenvalue weighted by Crippen LogP contribution is 2.33. The SMILES string of the molecule is CC[C@@H]1COC(C)(CCO)CN1C(=O)c1cc(OC)c2oc(NCc3cc(Cl)ccn3)nc2c1. The fraction of sp³-hybridized carbons (Fsp3) is 0.458. The van der Waals surface area contributed by atoms with Crippen LogP contribution in [0.3, 0.4) is 0 Å². The van der Waals surface area contributed by atoms with Gasteiger partial charge in [-0.15, -0.1) is 0 Å². The lowest BCUT2D eigenvalue weighted by atomic mass is 9.96. The molecule has 2 N–H and O–H groups in total. The topological polar surface area (TPSA) is 110 Å². The molecule has 1 aliphatic heterocycles. The molecule has 3 aromatic rings. The van der Waals surface area contributed by atoms with Crippen molar-refractivity contribution in [3.63, 3.8) is 0 Å². The summed E-state index contributed by atoms with van der Waals surface area (Å²) in [6, 6.07) is 7.07. The normalized spacial score (nSPS) is 20.5. The van der Waals surface area contributed by atoms with Gasteiger partial charge >= 0.3 is 0 Å². The number of benzene rings is 1. The number of carbonyl (C=O) groups excluding carboxylic acids is 1. The van der Waals surface area contributed by atoms with Crippen molar-refractivity contribution < 1.29 is 23.8 Å². The zero-order chi connectivity index (χ0) is 24.3. The number of hydrogen-bond donors (Lipinski definition) is 2. The predicted molar refractivity (Wildman–Crippen MR) is 128 cm³/mol. The molecule has 1 aromatic carbocycles. The van der Waals surface area contributed by atoms with Gasteiger partial charge in [0, 0.05) is 29.8 Å². The van der Waals surface area contributed by atoms with Gasteiger partial charge in [0.25, 0.3) is 11.9 Å². The Kier molecular flexibility index (Phi) is 7.25. The fourth-order valence-electron chi connectivity index (χ4n) is 4.12. The van der Waals surface area contributed by atoms with Gasteiger partial charge in [0.2, 0.25) is 0 Å². The number of oxazole rings is 1. The van der Waals surface area contributed by atoms with Gasteiger partial charge in [-0.05, 0) is 37.6 Å². The standard InChI is InChI=1S/C24H29ClN4O5/c1-4-18-13-33-24(2,6-8-30)14-29(18)22(31)15-9-19-21(20(10-15)32-3)34-23(28-19)27-12-17-11-16(25)5-7-26-17/h5,7,9-11,18,30H,4,6,8,12-14H2,1-3H3,(H,27,28)/t18-,24?/m1/s1. The van der Waals surface area contributed by atoms with E-state index in [-0.39, 0.29) is 24.6 Å². The first kappa shape index (κ1) is 24.3. The first-order valence-electron chi connectivity index (χ1n) is 11.2. The van der Waals surface area contributed by atoms with Crippen LogP contribution in [-0.4, -0.2) is 64.4 Å². The maximum atomic E-state index is 13.6. The van der Waals surface area contributed by atoms with Gasteiger partial charge in [-0.25, -0.2) is 0 Å². The van der Waals surface area contributed by atoms with Crippen molar-refractivity contribution >= 4 is 34.6 Å². The average molecular weight is 489 g/mol. The third-order valence-corrected chi connectivity index (χ3v) is 6.30. The molecule has 0 radical (unpaired) electrons. The summed E-state index contributed by atoms with van der Waals surface area (Å²) in [6.07, 6.45) is 2.85. The molecule has 0 bridgehead atoms. The Labute approximate surface area is 203 Å². The highest BCUT2D eigenvalue weighted by atomic mass is 35.5. The van der Waals surface area contributed by atoms with E-state index in [1.54, 1.807) is 30.5 Å². The summed E-state index contributed by atoms with van der Waals surface area (Å²) in [6.45, 7) is 5.13. The molecular weight excluding hydrogens is 460 g/mol. The Morgan fingerprint density at radius 1 is 1.41 bits per heavy atom. The molecule has 1 aliphatic rings. The first-order chi connectivity index (χ1) is 16.4. The lowest BCUT2D eigenvalue weighted by Crippen LogP contribution is -2.57. The van der Waals surface area contributed by atoms with Gasteiger partial charge < -0.3 is 29.2 Å². The van der Waals surface area contributed by atoms with Crippen LogP contribution in [-0.2, 0) is 11.3 Å². The smallest absolute Gasteiger partial charge is 0.296 e. The quantitative estimate of drug-likeness (QED) is 0.491. The minimum atomic E-state index is -0.594. The molecule has 34 heavy (non-hydrogen) atoms. The number of rotatable bonds is 8. The molecule has 0 saturated carbocycles. The van der Waals surface area contributed by atoms with E-state index in [0.29, 0.717) is 53.6 Å². The molecule has 182 valence electrons. The second kappa shape index (κ2) is 10.2. The number of carbonyl (C=O) groups is 1. The number of pyridine rings is 1. The maximum Gasteiger partial charge on any atom is 0.296 e. The number of methoxy groups -OCH3 is 1. The molecule has 2 aromatic heterocycles. The molecule has 10 heteroatoms. The Hall–Kier alpha value is -2.88. The van der Waals surface area contributed by atoms with Gasteiger partial charge in [0.15, 0.2) is 11.3 Å². The van der Waals surface area contributed by atoms with E-state index in [4.69, 9.17) is 25.5 Å². The summed E-state index contributed by atoms with van der Waals surface area (Å²) >= 11 is 6.02. The third-order valence-electron chi connectivity index (χ3n) is 6.06. The van der Waals surface area contributed by atoms with E-state index >= 15 is 0 Å². The molecule has 9 nitrogen and oxygen atoms in total. The summed E-state index contributed by atoms with van der Waals surface area (Å²) in [5, 5.41) is 13.1. The lowest BCUT2D eigenvalue weighted by molar-refractivity contribution is -0.121. The molecule has 1 unspecified atom stereocenters. The van der Waals surface area contributed by atoms with E-state index in [1.807, 2.05) is 18.7 Å². The number of aliphatic hydroxyl groups excluding tert-OH is 1. The van der Waals surface area contributed by atoms with Crippen LogP contribution in [0.4, 0.5) is 6.01 Å². The molecule has 1 amide bonds. The highest BCUT2D eigenvalue weighted by Gasteiger charge is 2.39. The van der Waals surface area contributed by atoms with Crippen LogP contribution in [0.15, 0.2) is 34.9 Å². The largest absolute Gasteiger partial charge is 0.493 e. The van der Waals surface area contributed by atoms with Gasteiger partial charge in [-0.1, -0.05) is 18.5 Å². The summed E-state index contributed by atoms with van der Waals surface area (Å²) in [4.78, 5) is 24.2. The Morgan fingerprint density at radius 3 is 2.94 bits per heavy atom. The molecule has 0 aliphatic carbocycles. The van der Waals surface area contributed by atoms with E-state index < -0.39 is 5.60 Å². The van der Waals surface area contributed by atoms with Crippen molar-refractivity contribution in [2.24, 2.45) is 0 Å². The number of morpholine rings is 1. The van der Waals surface area contributed by atoms with E-state index in [1.165, 1.54) is 7.11 Å². The average Bonchev–Trinajstić information content (AvgIpc) is 3.25. The lowest BCUT2D eigenvalue weighted by Gasteiger charge is -2.45. The second-order valence-electron chi connectivity index (χ2n) is 8.59. The number of nitrogens with zero attached hydrogens (tertiary/aromatic N) is 3. The Bertz CT molecular complexity index is 1170. The van der Waals surface area contributed by atoms with Gasteiger partial charge in [-0.3, -0.25) is 9.78 Å². The third kappa shape index (κ3) is 5.11. The minimum Gasteiger partial charge on any atom is -0.493 e. The number of halogens is 1. The van der Waals surface area contributed by atoms with Crippen molar-refractivity contribution in [1.82, 2.24) is 14.9 Å². The van der Waals surface area contributed by atoms with Crippen LogP contribution in [0.1, 0.15) is 42.7 Å². The fourth-order valence-corrected chi connectivity index (χ4v) is 4.30. The van der Waals surface area contributed by atoms with Crippen molar-refractivity contribution in [1.29, 1.82) is 0 Å². The van der Waals surface area contributed by atoms with Crippen molar-refractivity contribution in [3.05, 3.63) is 46.7 Å².